The molecule has 0 saturated heterocycles. The van der Waals surface area contributed by atoms with Crippen LogP contribution in [0.4, 0.5) is 14.5 Å². The molecule has 0 radical (unpaired) electrons. The monoisotopic (exact) mass is 316 g/mol. The SMILES string of the molecule is C[C@H](N)C(=O)Nc1ccc2nc(-c3cc(F)ccc3F)[nH]c2c1. The maximum atomic E-state index is 13.8. The van der Waals surface area contributed by atoms with Gasteiger partial charge in [0.15, 0.2) is 0 Å². The molecule has 0 bridgehead atoms. The number of imidazole rings is 1. The molecule has 0 spiro atoms. The fourth-order valence-corrected chi connectivity index (χ4v) is 2.15. The lowest BCUT2D eigenvalue weighted by molar-refractivity contribution is -0.117. The third-order valence-corrected chi connectivity index (χ3v) is 3.35. The highest BCUT2D eigenvalue weighted by Crippen LogP contribution is 2.25. The van der Waals surface area contributed by atoms with Gasteiger partial charge in [0.2, 0.25) is 5.91 Å². The van der Waals surface area contributed by atoms with Crippen LogP contribution in [0.1, 0.15) is 6.92 Å². The normalized spacial score (nSPS) is 12.3. The van der Waals surface area contributed by atoms with E-state index < -0.39 is 17.7 Å². The molecule has 3 aromatic rings. The number of nitrogens with one attached hydrogen (secondary N) is 2. The van der Waals surface area contributed by atoms with Crippen LogP contribution < -0.4 is 11.1 Å². The lowest BCUT2D eigenvalue weighted by Crippen LogP contribution is -2.32. The second-order valence-corrected chi connectivity index (χ2v) is 5.22. The van der Waals surface area contributed by atoms with Gasteiger partial charge in [0.05, 0.1) is 22.6 Å². The maximum absolute atomic E-state index is 13.8. The molecule has 1 atom stereocenters. The van der Waals surface area contributed by atoms with E-state index >= 15 is 0 Å². The molecular weight excluding hydrogens is 302 g/mol. The average molecular weight is 316 g/mol. The Morgan fingerprint density at radius 1 is 1.26 bits per heavy atom. The van der Waals surface area contributed by atoms with Crippen LogP contribution in [-0.2, 0) is 4.79 Å². The topological polar surface area (TPSA) is 83.8 Å². The van der Waals surface area contributed by atoms with E-state index in [0.29, 0.717) is 16.7 Å². The molecule has 7 heteroatoms. The zero-order chi connectivity index (χ0) is 16.6. The molecule has 118 valence electrons. The number of nitrogens with two attached hydrogens (primary N) is 1. The molecule has 5 nitrogen and oxygen atoms in total. The van der Waals surface area contributed by atoms with Gasteiger partial charge in [0.25, 0.3) is 0 Å². The molecule has 23 heavy (non-hydrogen) atoms. The Kier molecular flexibility index (Phi) is 3.79. The lowest BCUT2D eigenvalue weighted by atomic mass is 10.2. The Balaban J connectivity index is 1.99. The lowest BCUT2D eigenvalue weighted by Gasteiger charge is -2.07. The summed E-state index contributed by atoms with van der Waals surface area (Å²) in [5, 5.41) is 2.66. The summed E-state index contributed by atoms with van der Waals surface area (Å²) in [7, 11) is 0. The molecule has 1 amide bonds. The second-order valence-electron chi connectivity index (χ2n) is 5.22. The van der Waals surface area contributed by atoms with Crippen LogP contribution in [0.5, 0.6) is 0 Å². The summed E-state index contributed by atoms with van der Waals surface area (Å²) in [6.45, 7) is 1.58. The quantitative estimate of drug-likeness (QED) is 0.695. The Hall–Kier alpha value is -2.80. The Labute approximate surface area is 130 Å². The van der Waals surface area contributed by atoms with Crippen LogP contribution in [0.3, 0.4) is 0 Å². The molecule has 2 aromatic carbocycles. The molecule has 3 rings (SSSR count). The van der Waals surface area contributed by atoms with Gasteiger partial charge in [-0.1, -0.05) is 0 Å². The minimum atomic E-state index is -0.635. The van der Waals surface area contributed by atoms with Gasteiger partial charge in [-0.25, -0.2) is 13.8 Å². The number of rotatable bonds is 3. The fraction of sp³-hybridized carbons (Fsp3) is 0.125. The van der Waals surface area contributed by atoms with Gasteiger partial charge in [-0.05, 0) is 43.3 Å². The number of hydrogen-bond donors (Lipinski definition) is 3. The predicted molar refractivity (Wildman–Crippen MR) is 83.7 cm³/mol. The number of anilines is 1. The van der Waals surface area contributed by atoms with E-state index in [2.05, 4.69) is 15.3 Å². The highest BCUT2D eigenvalue weighted by molar-refractivity contribution is 5.96. The average Bonchev–Trinajstić information content (AvgIpc) is 2.92. The molecule has 0 aliphatic heterocycles. The number of fused-ring (bicyclic) bond motifs is 1. The van der Waals surface area contributed by atoms with Crippen molar-refractivity contribution in [3.05, 3.63) is 48.0 Å². The van der Waals surface area contributed by atoms with Gasteiger partial charge in [0, 0.05) is 5.69 Å². The van der Waals surface area contributed by atoms with Crippen molar-refractivity contribution in [3.8, 4) is 11.4 Å². The van der Waals surface area contributed by atoms with Crippen molar-refractivity contribution in [2.75, 3.05) is 5.32 Å². The first kappa shape index (κ1) is 15.1. The Morgan fingerprint density at radius 3 is 2.78 bits per heavy atom. The number of benzene rings is 2. The number of aromatic nitrogens is 2. The number of H-pyrrole nitrogens is 1. The van der Waals surface area contributed by atoms with Crippen molar-refractivity contribution in [1.82, 2.24) is 9.97 Å². The molecule has 4 N–H and O–H groups in total. The van der Waals surface area contributed by atoms with Crippen molar-refractivity contribution in [2.24, 2.45) is 5.73 Å². The molecule has 1 heterocycles. The molecule has 0 aliphatic carbocycles. The number of nitrogens with zero attached hydrogens (tertiary/aromatic N) is 1. The van der Waals surface area contributed by atoms with Gasteiger partial charge in [-0.15, -0.1) is 0 Å². The Morgan fingerprint density at radius 2 is 2.04 bits per heavy atom. The van der Waals surface area contributed by atoms with Gasteiger partial charge < -0.3 is 16.0 Å². The van der Waals surface area contributed by atoms with E-state index in [1.807, 2.05) is 0 Å². The van der Waals surface area contributed by atoms with Gasteiger partial charge in [-0.3, -0.25) is 4.79 Å². The molecule has 0 aliphatic rings. The van der Waals surface area contributed by atoms with Crippen molar-refractivity contribution in [2.45, 2.75) is 13.0 Å². The highest BCUT2D eigenvalue weighted by atomic mass is 19.1. The number of carbonyl (C=O) groups is 1. The zero-order valence-electron chi connectivity index (χ0n) is 12.2. The summed E-state index contributed by atoms with van der Waals surface area (Å²) >= 11 is 0. The van der Waals surface area contributed by atoms with E-state index in [0.717, 1.165) is 18.2 Å². The number of halogens is 2. The second kappa shape index (κ2) is 5.77. The van der Waals surface area contributed by atoms with Crippen LogP contribution in [0.25, 0.3) is 22.4 Å². The van der Waals surface area contributed by atoms with E-state index in [9.17, 15) is 13.6 Å². The number of carbonyl (C=O) groups excluding carboxylic acids is 1. The van der Waals surface area contributed by atoms with Crippen LogP contribution in [0, 0.1) is 11.6 Å². The summed E-state index contributed by atoms with van der Waals surface area (Å²) in [5.74, 6) is -1.23. The van der Waals surface area contributed by atoms with Crippen molar-refractivity contribution >= 4 is 22.6 Å². The zero-order valence-corrected chi connectivity index (χ0v) is 12.2. The first-order valence-electron chi connectivity index (χ1n) is 6.95. The van der Waals surface area contributed by atoms with E-state index in [1.165, 1.54) is 0 Å². The van der Waals surface area contributed by atoms with Crippen molar-refractivity contribution in [3.63, 3.8) is 0 Å². The maximum Gasteiger partial charge on any atom is 0.240 e. The third-order valence-electron chi connectivity index (χ3n) is 3.35. The van der Waals surface area contributed by atoms with E-state index in [1.54, 1.807) is 25.1 Å². The summed E-state index contributed by atoms with van der Waals surface area (Å²) in [6.07, 6.45) is 0. The van der Waals surface area contributed by atoms with Crippen LogP contribution in [-0.4, -0.2) is 21.9 Å². The van der Waals surface area contributed by atoms with Crippen molar-refractivity contribution in [1.29, 1.82) is 0 Å². The fourth-order valence-electron chi connectivity index (χ4n) is 2.15. The Bertz CT molecular complexity index is 889. The van der Waals surface area contributed by atoms with Crippen LogP contribution in [0.2, 0.25) is 0 Å². The largest absolute Gasteiger partial charge is 0.338 e. The van der Waals surface area contributed by atoms with Gasteiger partial charge in [0.1, 0.15) is 17.5 Å². The minimum Gasteiger partial charge on any atom is -0.338 e. The van der Waals surface area contributed by atoms with Gasteiger partial charge >= 0.3 is 0 Å². The first-order chi connectivity index (χ1) is 10.9. The van der Waals surface area contributed by atoms with Crippen LogP contribution in [0.15, 0.2) is 36.4 Å². The van der Waals surface area contributed by atoms with Crippen LogP contribution >= 0.6 is 0 Å². The van der Waals surface area contributed by atoms with E-state index in [4.69, 9.17) is 5.73 Å². The smallest absolute Gasteiger partial charge is 0.240 e. The molecule has 1 aromatic heterocycles. The summed E-state index contributed by atoms with van der Waals surface area (Å²) in [5.41, 5.74) is 7.24. The number of amides is 1. The predicted octanol–water partition coefficient (Wildman–Crippen LogP) is 2.79. The van der Waals surface area contributed by atoms with Gasteiger partial charge in [-0.2, -0.15) is 0 Å². The number of aromatic amines is 1. The van der Waals surface area contributed by atoms with Crippen molar-refractivity contribution < 1.29 is 13.6 Å². The number of hydrogen-bond acceptors (Lipinski definition) is 3. The first-order valence-corrected chi connectivity index (χ1v) is 6.95. The highest BCUT2D eigenvalue weighted by Gasteiger charge is 2.13. The molecule has 0 fully saturated rings. The van der Waals surface area contributed by atoms with E-state index in [-0.39, 0.29) is 17.3 Å². The third kappa shape index (κ3) is 3.04. The molecular formula is C16H14F2N4O. The summed E-state index contributed by atoms with van der Waals surface area (Å²) < 4.78 is 27.1. The summed E-state index contributed by atoms with van der Waals surface area (Å²) in [6, 6.07) is 7.52. The molecule has 0 unspecified atom stereocenters. The summed E-state index contributed by atoms with van der Waals surface area (Å²) in [4.78, 5) is 18.8. The molecule has 0 saturated carbocycles. The minimum absolute atomic E-state index is 0.0439. The standard InChI is InChI=1S/C16H14F2N4O/c1-8(19)16(23)20-10-3-5-13-14(7-10)22-15(21-13)11-6-9(17)2-4-12(11)18/h2-8H,19H2,1H3,(H,20,23)(H,21,22)/t8-/m0/s1.